The summed E-state index contributed by atoms with van der Waals surface area (Å²) in [5, 5.41) is 3.63. The van der Waals surface area contributed by atoms with Gasteiger partial charge in [0.25, 0.3) is 0 Å². The Bertz CT molecular complexity index is 802. The highest BCUT2D eigenvalue weighted by Crippen LogP contribution is 2.44. The maximum atomic E-state index is 13.1. The van der Waals surface area contributed by atoms with Gasteiger partial charge in [-0.1, -0.05) is 18.5 Å². The van der Waals surface area contributed by atoms with Gasteiger partial charge in [-0.2, -0.15) is 0 Å². The zero-order valence-electron chi connectivity index (χ0n) is 15.7. The van der Waals surface area contributed by atoms with Crippen LogP contribution in [0.5, 0.6) is 5.75 Å². The number of halogens is 1. The van der Waals surface area contributed by atoms with Crippen molar-refractivity contribution >= 4 is 29.0 Å². The van der Waals surface area contributed by atoms with Crippen LogP contribution >= 0.6 is 11.6 Å². The molecule has 0 bridgehead atoms. The number of ether oxygens (including phenoxy) is 1. The second-order valence-electron chi connectivity index (χ2n) is 7.34. The summed E-state index contributed by atoms with van der Waals surface area (Å²) in [6.45, 7) is 9.00. The summed E-state index contributed by atoms with van der Waals surface area (Å²) in [6, 6.07) is 13.0. The molecule has 0 saturated heterocycles. The molecule has 1 aliphatic heterocycles. The van der Waals surface area contributed by atoms with Gasteiger partial charge in [0.2, 0.25) is 0 Å². The zero-order valence-corrected chi connectivity index (χ0v) is 16.4. The van der Waals surface area contributed by atoms with E-state index in [0.717, 1.165) is 29.1 Å². The van der Waals surface area contributed by atoms with Crippen LogP contribution < -0.4 is 15.0 Å². The van der Waals surface area contributed by atoms with E-state index >= 15 is 0 Å². The lowest BCUT2D eigenvalue weighted by Crippen LogP contribution is -2.53. The van der Waals surface area contributed by atoms with Crippen LogP contribution in [0.3, 0.4) is 0 Å². The summed E-state index contributed by atoms with van der Waals surface area (Å²) in [5.41, 5.74) is 2.50. The van der Waals surface area contributed by atoms with E-state index in [-0.39, 0.29) is 11.6 Å². The molecule has 2 aromatic carbocycles. The Labute approximate surface area is 160 Å². The Kier molecular flexibility index (Phi) is 5.15. The fourth-order valence-electron chi connectivity index (χ4n) is 3.76. The topological polar surface area (TPSA) is 41.6 Å². The van der Waals surface area contributed by atoms with Crippen LogP contribution in [0, 0.1) is 0 Å². The standard InChI is InChI=1S/C21H25ClN2O2/c1-5-26-17-10-11-19-18(12-17)14(2)13-21(3,4)24(19)20(25)23-16-8-6-15(22)7-9-16/h6-12,14H,5,13H2,1-4H3,(H,23,25)/t14-/m1/s1. The van der Waals surface area contributed by atoms with Gasteiger partial charge in [0, 0.05) is 21.9 Å². The van der Waals surface area contributed by atoms with Gasteiger partial charge in [0.15, 0.2) is 0 Å². The van der Waals surface area contributed by atoms with Crippen molar-refractivity contribution in [3.05, 3.63) is 53.1 Å². The van der Waals surface area contributed by atoms with Crippen LogP contribution in [0.1, 0.15) is 45.6 Å². The van der Waals surface area contributed by atoms with E-state index in [4.69, 9.17) is 16.3 Å². The van der Waals surface area contributed by atoms with Crippen LogP contribution in [0.4, 0.5) is 16.2 Å². The van der Waals surface area contributed by atoms with Crippen LogP contribution in [0.15, 0.2) is 42.5 Å². The zero-order chi connectivity index (χ0) is 18.9. The molecule has 2 amide bonds. The van der Waals surface area contributed by atoms with Crippen LogP contribution in [-0.2, 0) is 0 Å². The molecule has 0 aliphatic carbocycles. The van der Waals surface area contributed by atoms with Crippen LogP contribution in [0.2, 0.25) is 5.02 Å². The molecule has 138 valence electrons. The summed E-state index contributed by atoms with van der Waals surface area (Å²) in [5.74, 6) is 1.19. The summed E-state index contributed by atoms with van der Waals surface area (Å²) in [6.07, 6.45) is 0.879. The molecule has 1 heterocycles. The molecule has 0 spiro atoms. The van der Waals surface area contributed by atoms with Gasteiger partial charge in [-0.05, 0) is 81.1 Å². The molecule has 4 nitrogen and oxygen atoms in total. The summed E-state index contributed by atoms with van der Waals surface area (Å²) >= 11 is 5.93. The van der Waals surface area contributed by atoms with E-state index in [1.54, 1.807) is 24.3 Å². The van der Waals surface area contributed by atoms with Gasteiger partial charge in [0.05, 0.1) is 6.61 Å². The smallest absolute Gasteiger partial charge is 0.326 e. The third-order valence-electron chi connectivity index (χ3n) is 4.79. The Hall–Kier alpha value is -2.20. The number of nitrogens with one attached hydrogen (secondary N) is 1. The number of carbonyl (C=O) groups is 1. The van der Waals surface area contributed by atoms with Crippen molar-refractivity contribution in [2.75, 3.05) is 16.8 Å². The van der Waals surface area contributed by atoms with Gasteiger partial charge >= 0.3 is 6.03 Å². The van der Waals surface area contributed by atoms with Crippen molar-refractivity contribution in [1.29, 1.82) is 0 Å². The molecule has 1 atom stereocenters. The molecular formula is C21H25ClN2O2. The van der Waals surface area contributed by atoms with E-state index in [2.05, 4.69) is 32.2 Å². The number of fused-ring (bicyclic) bond motifs is 1. The SMILES string of the molecule is CCOc1ccc2c(c1)[C@H](C)CC(C)(C)N2C(=O)Nc1ccc(Cl)cc1. The molecule has 0 aromatic heterocycles. The van der Waals surface area contributed by atoms with Crippen molar-refractivity contribution < 1.29 is 9.53 Å². The summed E-state index contributed by atoms with van der Waals surface area (Å²) in [7, 11) is 0. The summed E-state index contributed by atoms with van der Waals surface area (Å²) in [4.78, 5) is 15.0. The number of amides is 2. The molecule has 26 heavy (non-hydrogen) atoms. The van der Waals surface area contributed by atoms with Crippen LogP contribution in [-0.4, -0.2) is 18.2 Å². The number of anilines is 2. The highest BCUT2D eigenvalue weighted by Gasteiger charge is 2.40. The highest BCUT2D eigenvalue weighted by molar-refractivity contribution is 6.30. The van der Waals surface area contributed by atoms with E-state index in [1.807, 2.05) is 24.0 Å². The lowest BCUT2D eigenvalue weighted by molar-refractivity contribution is 0.247. The second kappa shape index (κ2) is 7.20. The fourth-order valence-corrected chi connectivity index (χ4v) is 3.89. The van der Waals surface area contributed by atoms with Crippen molar-refractivity contribution in [3.8, 4) is 5.75 Å². The quantitative estimate of drug-likeness (QED) is 0.711. The number of rotatable bonds is 3. The minimum Gasteiger partial charge on any atom is -0.494 e. The molecule has 1 aliphatic rings. The Balaban J connectivity index is 1.95. The first-order chi connectivity index (χ1) is 12.3. The minimum absolute atomic E-state index is 0.144. The molecule has 2 aromatic rings. The largest absolute Gasteiger partial charge is 0.494 e. The molecule has 0 saturated carbocycles. The first-order valence-electron chi connectivity index (χ1n) is 8.95. The van der Waals surface area contributed by atoms with Gasteiger partial charge < -0.3 is 10.1 Å². The van der Waals surface area contributed by atoms with Gasteiger partial charge in [-0.15, -0.1) is 0 Å². The van der Waals surface area contributed by atoms with Gasteiger partial charge in [-0.3, -0.25) is 4.90 Å². The number of benzene rings is 2. The first-order valence-corrected chi connectivity index (χ1v) is 9.33. The molecule has 0 fully saturated rings. The molecule has 0 radical (unpaired) electrons. The maximum Gasteiger partial charge on any atom is 0.326 e. The Morgan fingerprint density at radius 1 is 1.27 bits per heavy atom. The Morgan fingerprint density at radius 3 is 2.62 bits per heavy atom. The average Bonchev–Trinajstić information content (AvgIpc) is 2.57. The van der Waals surface area contributed by atoms with E-state index in [0.29, 0.717) is 17.5 Å². The maximum absolute atomic E-state index is 13.1. The third kappa shape index (κ3) is 3.65. The van der Waals surface area contributed by atoms with E-state index in [1.165, 1.54) is 0 Å². The van der Waals surface area contributed by atoms with Crippen LogP contribution in [0.25, 0.3) is 0 Å². The van der Waals surface area contributed by atoms with Crippen molar-refractivity contribution in [3.63, 3.8) is 0 Å². The highest BCUT2D eigenvalue weighted by atomic mass is 35.5. The van der Waals surface area contributed by atoms with Gasteiger partial charge in [-0.25, -0.2) is 4.79 Å². The van der Waals surface area contributed by atoms with Crippen molar-refractivity contribution in [2.45, 2.75) is 45.6 Å². The lowest BCUT2D eigenvalue weighted by Gasteiger charge is -2.45. The molecule has 1 N–H and O–H groups in total. The molecule has 0 unspecified atom stereocenters. The number of nitrogens with zero attached hydrogens (tertiary/aromatic N) is 1. The fraction of sp³-hybridized carbons (Fsp3) is 0.381. The van der Waals surface area contributed by atoms with Gasteiger partial charge in [0.1, 0.15) is 5.75 Å². The minimum atomic E-state index is -0.296. The number of urea groups is 1. The number of carbonyl (C=O) groups excluding carboxylic acids is 1. The molecular weight excluding hydrogens is 348 g/mol. The van der Waals surface area contributed by atoms with E-state index < -0.39 is 0 Å². The predicted molar refractivity (Wildman–Crippen MR) is 108 cm³/mol. The molecule has 5 heteroatoms. The summed E-state index contributed by atoms with van der Waals surface area (Å²) < 4.78 is 5.64. The average molecular weight is 373 g/mol. The number of hydrogen-bond acceptors (Lipinski definition) is 2. The normalized spacial score (nSPS) is 18.2. The first kappa shape index (κ1) is 18.6. The van der Waals surface area contributed by atoms with Crippen molar-refractivity contribution in [2.24, 2.45) is 0 Å². The Morgan fingerprint density at radius 2 is 1.96 bits per heavy atom. The lowest BCUT2D eigenvalue weighted by atomic mass is 9.80. The molecule has 3 rings (SSSR count). The van der Waals surface area contributed by atoms with Crippen molar-refractivity contribution in [1.82, 2.24) is 0 Å². The van der Waals surface area contributed by atoms with E-state index in [9.17, 15) is 4.79 Å². The second-order valence-corrected chi connectivity index (χ2v) is 7.78. The monoisotopic (exact) mass is 372 g/mol. The number of hydrogen-bond donors (Lipinski definition) is 1. The predicted octanol–water partition coefficient (Wildman–Crippen LogP) is 6.06. The third-order valence-corrected chi connectivity index (χ3v) is 5.04.